The van der Waals surface area contributed by atoms with Crippen molar-refractivity contribution in [1.29, 1.82) is 0 Å². The highest BCUT2D eigenvalue weighted by Gasteiger charge is 2.11. The summed E-state index contributed by atoms with van der Waals surface area (Å²) in [6, 6.07) is 6.95. The molecule has 5 heteroatoms. The van der Waals surface area contributed by atoms with Crippen LogP contribution in [0.15, 0.2) is 24.3 Å². The Labute approximate surface area is 131 Å². The second-order valence-corrected chi connectivity index (χ2v) is 5.93. The highest BCUT2D eigenvalue weighted by molar-refractivity contribution is 6.30. The molecular formula is C16H23ClN2O2. The van der Waals surface area contributed by atoms with Crippen molar-refractivity contribution in [2.24, 2.45) is 5.92 Å². The van der Waals surface area contributed by atoms with Gasteiger partial charge in [-0.05, 0) is 36.6 Å². The number of halogens is 1. The number of hydrogen-bond acceptors (Lipinski definition) is 2. The lowest BCUT2D eigenvalue weighted by molar-refractivity contribution is -0.129. The third-order valence-electron chi connectivity index (χ3n) is 3.16. The first kappa shape index (κ1) is 17.5. The van der Waals surface area contributed by atoms with Crippen molar-refractivity contribution < 1.29 is 9.59 Å². The van der Waals surface area contributed by atoms with Gasteiger partial charge in [0.05, 0.1) is 0 Å². The molecule has 2 amide bonds. The summed E-state index contributed by atoms with van der Waals surface area (Å²) in [5, 5.41) is 3.42. The molecule has 0 aromatic heterocycles. The number of anilines is 1. The minimum Gasteiger partial charge on any atom is -0.342 e. The predicted octanol–water partition coefficient (Wildman–Crippen LogP) is 3.56. The van der Waals surface area contributed by atoms with Gasteiger partial charge in [-0.2, -0.15) is 0 Å². The largest absolute Gasteiger partial charge is 0.342 e. The van der Waals surface area contributed by atoms with E-state index in [2.05, 4.69) is 19.2 Å². The summed E-state index contributed by atoms with van der Waals surface area (Å²) in [5.41, 5.74) is 0.709. The average molecular weight is 311 g/mol. The van der Waals surface area contributed by atoms with Crippen molar-refractivity contribution in [2.75, 3.05) is 18.4 Å². The topological polar surface area (TPSA) is 49.4 Å². The maximum Gasteiger partial charge on any atom is 0.226 e. The summed E-state index contributed by atoms with van der Waals surface area (Å²) in [7, 11) is 0. The quantitative estimate of drug-likeness (QED) is 0.837. The first-order valence-electron chi connectivity index (χ1n) is 7.19. The van der Waals surface area contributed by atoms with E-state index in [1.807, 2.05) is 0 Å². The minimum absolute atomic E-state index is 0.00921. The van der Waals surface area contributed by atoms with Crippen molar-refractivity contribution >= 4 is 29.1 Å². The number of amides is 2. The molecule has 0 radical (unpaired) electrons. The van der Waals surface area contributed by atoms with Crippen molar-refractivity contribution in [3.05, 3.63) is 29.3 Å². The van der Waals surface area contributed by atoms with E-state index < -0.39 is 0 Å². The second kappa shape index (κ2) is 8.67. The van der Waals surface area contributed by atoms with Gasteiger partial charge in [-0.15, -0.1) is 0 Å². The molecular weight excluding hydrogens is 288 g/mol. The molecule has 0 unspecified atom stereocenters. The molecule has 0 aliphatic rings. The van der Waals surface area contributed by atoms with E-state index in [1.165, 1.54) is 6.92 Å². The third-order valence-corrected chi connectivity index (χ3v) is 3.41. The van der Waals surface area contributed by atoms with Gasteiger partial charge in [0.1, 0.15) is 0 Å². The fourth-order valence-electron chi connectivity index (χ4n) is 1.83. The van der Waals surface area contributed by atoms with Crippen LogP contribution in [0.4, 0.5) is 5.69 Å². The molecule has 1 N–H and O–H groups in total. The Bertz CT molecular complexity index is 472. The van der Waals surface area contributed by atoms with E-state index in [4.69, 9.17) is 11.6 Å². The molecule has 1 aromatic carbocycles. The number of rotatable bonds is 7. The molecule has 0 spiro atoms. The molecule has 0 atom stereocenters. The summed E-state index contributed by atoms with van der Waals surface area (Å²) in [6.45, 7) is 6.91. The molecule has 0 saturated heterocycles. The van der Waals surface area contributed by atoms with Gasteiger partial charge in [-0.25, -0.2) is 0 Å². The highest BCUT2D eigenvalue weighted by atomic mass is 35.5. The zero-order chi connectivity index (χ0) is 15.8. The first-order chi connectivity index (χ1) is 9.88. The van der Waals surface area contributed by atoms with Crippen LogP contribution in [0.3, 0.4) is 0 Å². The normalized spacial score (nSPS) is 10.5. The lowest BCUT2D eigenvalue weighted by atomic mass is 10.1. The first-order valence-corrected chi connectivity index (χ1v) is 7.57. The van der Waals surface area contributed by atoms with E-state index in [0.717, 1.165) is 6.42 Å². The van der Waals surface area contributed by atoms with E-state index >= 15 is 0 Å². The van der Waals surface area contributed by atoms with Crippen LogP contribution < -0.4 is 5.32 Å². The summed E-state index contributed by atoms with van der Waals surface area (Å²) in [6.07, 6.45) is 1.23. The van der Waals surface area contributed by atoms with Crippen LogP contribution in [0.2, 0.25) is 5.02 Å². The number of nitrogens with one attached hydrogen (secondary N) is 1. The Morgan fingerprint density at radius 3 is 2.33 bits per heavy atom. The van der Waals surface area contributed by atoms with Crippen LogP contribution >= 0.6 is 11.6 Å². The van der Waals surface area contributed by atoms with E-state index in [1.54, 1.807) is 29.2 Å². The molecule has 4 nitrogen and oxygen atoms in total. The lowest BCUT2D eigenvalue weighted by Crippen LogP contribution is -2.33. The molecule has 0 bridgehead atoms. The number of nitrogens with zero attached hydrogens (tertiary/aromatic N) is 1. The van der Waals surface area contributed by atoms with Crippen LogP contribution in [0, 0.1) is 5.92 Å². The van der Waals surface area contributed by atoms with Crippen LogP contribution in [0.5, 0.6) is 0 Å². The average Bonchev–Trinajstić information content (AvgIpc) is 2.40. The maximum atomic E-state index is 11.9. The molecule has 116 valence electrons. The Morgan fingerprint density at radius 1 is 1.19 bits per heavy atom. The van der Waals surface area contributed by atoms with Gasteiger partial charge in [0.2, 0.25) is 11.8 Å². The Balaban J connectivity index is 2.42. The van der Waals surface area contributed by atoms with Gasteiger partial charge in [-0.3, -0.25) is 9.59 Å². The Hall–Kier alpha value is -1.55. The molecule has 0 saturated carbocycles. The standard InChI is InChI=1S/C16H23ClN2O2/c1-12(2)8-10-19(13(3)20)11-9-16(21)18-15-6-4-14(17)5-7-15/h4-7,12H,8-11H2,1-3H3,(H,18,21). The zero-order valence-corrected chi connectivity index (χ0v) is 13.6. The molecule has 0 heterocycles. The minimum atomic E-state index is -0.104. The fourth-order valence-corrected chi connectivity index (χ4v) is 1.96. The van der Waals surface area contributed by atoms with Gasteiger partial charge in [-0.1, -0.05) is 25.4 Å². The summed E-state index contributed by atoms with van der Waals surface area (Å²) in [4.78, 5) is 25.1. The molecule has 0 aliphatic carbocycles. The van der Waals surface area contributed by atoms with Crippen molar-refractivity contribution in [3.63, 3.8) is 0 Å². The van der Waals surface area contributed by atoms with Gasteiger partial charge >= 0.3 is 0 Å². The maximum absolute atomic E-state index is 11.9. The van der Waals surface area contributed by atoms with Gasteiger partial charge in [0, 0.05) is 37.1 Å². The molecule has 1 rings (SSSR count). The van der Waals surface area contributed by atoms with Crippen LogP contribution in [-0.4, -0.2) is 29.8 Å². The van der Waals surface area contributed by atoms with Crippen molar-refractivity contribution in [3.8, 4) is 0 Å². The fraction of sp³-hybridized carbons (Fsp3) is 0.500. The predicted molar refractivity (Wildman–Crippen MR) is 86.4 cm³/mol. The molecule has 0 aliphatic heterocycles. The highest BCUT2D eigenvalue weighted by Crippen LogP contribution is 2.13. The van der Waals surface area contributed by atoms with Gasteiger partial charge in [0.25, 0.3) is 0 Å². The molecule has 1 aromatic rings. The van der Waals surface area contributed by atoms with E-state index in [-0.39, 0.29) is 11.8 Å². The van der Waals surface area contributed by atoms with E-state index in [9.17, 15) is 9.59 Å². The Kier molecular flexibility index (Phi) is 7.23. The van der Waals surface area contributed by atoms with Crippen molar-refractivity contribution in [2.45, 2.75) is 33.6 Å². The smallest absolute Gasteiger partial charge is 0.226 e. The van der Waals surface area contributed by atoms with Gasteiger partial charge in [0.15, 0.2) is 0 Å². The summed E-state index contributed by atoms with van der Waals surface area (Å²) < 4.78 is 0. The van der Waals surface area contributed by atoms with Crippen molar-refractivity contribution in [1.82, 2.24) is 4.90 Å². The summed E-state index contributed by atoms with van der Waals surface area (Å²) in [5.74, 6) is 0.442. The third kappa shape index (κ3) is 7.14. The number of carbonyl (C=O) groups is 2. The Morgan fingerprint density at radius 2 is 1.81 bits per heavy atom. The van der Waals surface area contributed by atoms with Crippen LogP contribution in [0.25, 0.3) is 0 Å². The van der Waals surface area contributed by atoms with Gasteiger partial charge < -0.3 is 10.2 Å². The molecule has 0 fully saturated rings. The SMILES string of the molecule is CC(=O)N(CCC(=O)Nc1ccc(Cl)cc1)CCC(C)C. The molecule has 21 heavy (non-hydrogen) atoms. The zero-order valence-electron chi connectivity index (χ0n) is 12.9. The number of carbonyl (C=O) groups excluding carboxylic acids is 2. The van der Waals surface area contributed by atoms with Crippen LogP contribution in [-0.2, 0) is 9.59 Å². The summed E-state index contributed by atoms with van der Waals surface area (Å²) >= 11 is 5.79. The monoisotopic (exact) mass is 310 g/mol. The lowest BCUT2D eigenvalue weighted by Gasteiger charge is -2.21. The number of benzene rings is 1. The van der Waals surface area contributed by atoms with Crippen LogP contribution in [0.1, 0.15) is 33.6 Å². The van der Waals surface area contributed by atoms with E-state index in [0.29, 0.717) is 36.1 Å². The second-order valence-electron chi connectivity index (χ2n) is 5.49. The number of hydrogen-bond donors (Lipinski definition) is 1.